The Morgan fingerprint density at radius 3 is 1.79 bits per heavy atom. The summed E-state index contributed by atoms with van der Waals surface area (Å²) in [5.41, 5.74) is 0. The first kappa shape index (κ1) is 17.3. The van der Waals surface area contributed by atoms with Gasteiger partial charge in [0.25, 0.3) is 0 Å². The molecule has 0 heterocycles. The molecule has 14 heavy (non-hydrogen) atoms. The van der Waals surface area contributed by atoms with Crippen molar-refractivity contribution in [1.82, 2.24) is 0 Å². The minimum atomic E-state index is -1.55. The summed E-state index contributed by atoms with van der Waals surface area (Å²) in [4.78, 5) is 9.23. The Morgan fingerprint density at radius 2 is 1.71 bits per heavy atom. The SMILES string of the molecule is CCCC(=O)OC.ClC(Cl)C(Cl)(Cl)Cl. The van der Waals surface area contributed by atoms with Crippen molar-refractivity contribution in [3.05, 3.63) is 0 Å². The van der Waals surface area contributed by atoms with E-state index in [1.165, 1.54) is 7.11 Å². The molecule has 0 saturated carbocycles. The molecular formula is C7H11Cl5O2. The number of alkyl halides is 5. The Kier molecular flexibility index (Phi) is 11.3. The van der Waals surface area contributed by atoms with Gasteiger partial charge in [0, 0.05) is 6.42 Å². The first-order valence-electron chi connectivity index (χ1n) is 3.67. The zero-order chi connectivity index (χ0) is 11.8. The van der Waals surface area contributed by atoms with Crippen molar-refractivity contribution >= 4 is 64.0 Å². The molecule has 0 amide bonds. The summed E-state index contributed by atoms with van der Waals surface area (Å²) in [6.07, 6.45) is 1.41. The van der Waals surface area contributed by atoms with Gasteiger partial charge < -0.3 is 4.74 Å². The topological polar surface area (TPSA) is 26.3 Å². The first-order valence-corrected chi connectivity index (χ1v) is 5.68. The maximum Gasteiger partial charge on any atom is 0.305 e. The van der Waals surface area contributed by atoms with Gasteiger partial charge in [-0.25, -0.2) is 0 Å². The number of hydrogen-bond acceptors (Lipinski definition) is 2. The van der Waals surface area contributed by atoms with Crippen molar-refractivity contribution in [2.24, 2.45) is 0 Å². The van der Waals surface area contributed by atoms with Gasteiger partial charge in [-0.05, 0) is 6.42 Å². The molecule has 0 rings (SSSR count). The van der Waals surface area contributed by atoms with Gasteiger partial charge in [0.15, 0.2) is 4.84 Å². The van der Waals surface area contributed by atoms with Crippen molar-refractivity contribution in [2.45, 2.75) is 28.4 Å². The van der Waals surface area contributed by atoms with Crippen molar-refractivity contribution in [3.63, 3.8) is 0 Å². The van der Waals surface area contributed by atoms with E-state index in [1.807, 2.05) is 6.92 Å². The van der Waals surface area contributed by atoms with Crippen LogP contribution in [0.5, 0.6) is 0 Å². The van der Waals surface area contributed by atoms with Gasteiger partial charge in [-0.2, -0.15) is 0 Å². The van der Waals surface area contributed by atoms with Crippen LogP contribution in [-0.2, 0) is 9.53 Å². The minimum Gasteiger partial charge on any atom is -0.469 e. The molecule has 0 N–H and O–H groups in total. The second-order valence-corrected chi connectivity index (χ2v) is 5.63. The van der Waals surface area contributed by atoms with Crippen LogP contribution in [-0.4, -0.2) is 21.7 Å². The lowest BCUT2D eigenvalue weighted by molar-refractivity contribution is -0.140. The van der Waals surface area contributed by atoms with Crippen LogP contribution >= 0.6 is 58.0 Å². The van der Waals surface area contributed by atoms with Crippen molar-refractivity contribution < 1.29 is 9.53 Å². The van der Waals surface area contributed by atoms with Crippen LogP contribution in [0, 0.1) is 0 Å². The van der Waals surface area contributed by atoms with E-state index in [-0.39, 0.29) is 5.97 Å². The number of hydrogen-bond donors (Lipinski definition) is 0. The number of halogens is 5. The van der Waals surface area contributed by atoms with Gasteiger partial charge >= 0.3 is 5.97 Å². The molecule has 0 bridgehead atoms. The highest BCUT2D eigenvalue weighted by Crippen LogP contribution is 2.35. The van der Waals surface area contributed by atoms with E-state index in [9.17, 15) is 4.79 Å². The lowest BCUT2D eigenvalue weighted by Gasteiger charge is -2.09. The monoisotopic (exact) mass is 302 g/mol. The largest absolute Gasteiger partial charge is 0.469 e. The third-order valence-corrected chi connectivity index (χ3v) is 2.91. The molecule has 0 aliphatic rings. The molecule has 0 aromatic carbocycles. The number of esters is 1. The summed E-state index contributed by atoms with van der Waals surface area (Å²) in [7, 11) is 1.40. The molecule has 0 fully saturated rings. The molecule has 0 aromatic heterocycles. The highest BCUT2D eigenvalue weighted by molar-refractivity contribution is 6.73. The zero-order valence-electron chi connectivity index (χ0n) is 7.70. The van der Waals surface area contributed by atoms with Gasteiger partial charge in [-0.3, -0.25) is 4.79 Å². The minimum absolute atomic E-state index is 0.123. The number of methoxy groups -OCH3 is 1. The molecule has 0 atom stereocenters. The van der Waals surface area contributed by atoms with Gasteiger partial charge in [0.2, 0.25) is 3.79 Å². The summed E-state index contributed by atoms with van der Waals surface area (Å²) in [5.74, 6) is -0.123. The number of carbonyl (C=O) groups is 1. The van der Waals surface area contributed by atoms with Gasteiger partial charge in [0.05, 0.1) is 7.11 Å². The van der Waals surface area contributed by atoms with Crippen LogP contribution in [0.15, 0.2) is 0 Å². The summed E-state index contributed by atoms with van der Waals surface area (Å²) < 4.78 is 2.80. The predicted molar refractivity (Wildman–Crippen MR) is 62.7 cm³/mol. The normalized spacial score (nSPS) is 10.6. The highest BCUT2D eigenvalue weighted by atomic mass is 35.6. The third kappa shape index (κ3) is 12.9. The molecule has 0 saturated heterocycles. The Morgan fingerprint density at radius 1 is 1.36 bits per heavy atom. The van der Waals surface area contributed by atoms with E-state index >= 15 is 0 Å². The average molecular weight is 304 g/mol. The van der Waals surface area contributed by atoms with E-state index in [0.717, 1.165) is 6.42 Å². The number of rotatable bonds is 2. The van der Waals surface area contributed by atoms with Crippen LogP contribution in [0.1, 0.15) is 19.8 Å². The van der Waals surface area contributed by atoms with Crippen LogP contribution in [0.25, 0.3) is 0 Å². The summed E-state index contributed by atoms with van der Waals surface area (Å²) >= 11 is 25.7. The van der Waals surface area contributed by atoms with E-state index < -0.39 is 8.63 Å². The van der Waals surface area contributed by atoms with Crippen LogP contribution in [0.3, 0.4) is 0 Å². The molecule has 0 aromatic rings. The third-order valence-electron chi connectivity index (χ3n) is 0.929. The second kappa shape index (κ2) is 9.17. The predicted octanol–water partition coefficient (Wildman–Crippen LogP) is 4.12. The Hall–Kier alpha value is 0.920. The summed E-state index contributed by atoms with van der Waals surface area (Å²) in [6.45, 7) is 1.94. The van der Waals surface area contributed by atoms with Gasteiger partial charge in [0.1, 0.15) is 0 Å². The lowest BCUT2D eigenvalue weighted by Crippen LogP contribution is -2.11. The molecule has 2 nitrogen and oxygen atoms in total. The van der Waals surface area contributed by atoms with Gasteiger partial charge in [-0.15, -0.1) is 23.2 Å². The fraction of sp³-hybridized carbons (Fsp3) is 0.857. The highest BCUT2D eigenvalue weighted by Gasteiger charge is 2.28. The number of ether oxygens (including phenoxy) is 1. The molecule has 0 unspecified atom stereocenters. The maximum atomic E-state index is 10.2. The van der Waals surface area contributed by atoms with Crippen molar-refractivity contribution in [3.8, 4) is 0 Å². The van der Waals surface area contributed by atoms with E-state index in [0.29, 0.717) is 6.42 Å². The van der Waals surface area contributed by atoms with Gasteiger partial charge in [-0.1, -0.05) is 41.7 Å². The van der Waals surface area contributed by atoms with Crippen LogP contribution < -0.4 is 0 Å². The zero-order valence-corrected chi connectivity index (χ0v) is 11.5. The molecule has 0 spiro atoms. The smallest absolute Gasteiger partial charge is 0.305 e. The van der Waals surface area contributed by atoms with E-state index in [4.69, 9.17) is 58.0 Å². The Bertz CT molecular complexity index is 155. The quantitative estimate of drug-likeness (QED) is 0.566. The molecule has 7 heteroatoms. The van der Waals surface area contributed by atoms with Crippen LogP contribution in [0.2, 0.25) is 0 Å². The van der Waals surface area contributed by atoms with Crippen molar-refractivity contribution in [2.75, 3.05) is 7.11 Å². The first-order chi connectivity index (χ1) is 6.25. The van der Waals surface area contributed by atoms with E-state index in [1.54, 1.807) is 0 Å². The standard InChI is InChI=1S/C5H10O2.C2HCl5/c1-3-4-5(6)7-2;3-1(4)2(5,6)7/h3-4H2,1-2H3;1H. The molecule has 0 aliphatic heterocycles. The number of carbonyl (C=O) groups excluding carboxylic acids is 1. The summed E-state index contributed by atoms with van der Waals surface area (Å²) in [6, 6.07) is 0. The fourth-order valence-corrected chi connectivity index (χ4v) is 0.306. The second-order valence-electron chi connectivity index (χ2n) is 2.17. The maximum absolute atomic E-state index is 10.2. The Balaban J connectivity index is 0. The molecule has 0 radical (unpaired) electrons. The Labute approximate surface area is 109 Å². The lowest BCUT2D eigenvalue weighted by atomic mass is 10.3. The average Bonchev–Trinajstić information content (AvgIpc) is 2.04. The molecule has 86 valence electrons. The van der Waals surface area contributed by atoms with E-state index in [2.05, 4.69) is 4.74 Å². The molecular weight excluding hydrogens is 293 g/mol. The van der Waals surface area contributed by atoms with Crippen LogP contribution in [0.4, 0.5) is 0 Å². The van der Waals surface area contributed by atoms with Crippen molar-refractivity contribution in [1.29, 1.82) is 0 Å². The fourth-order valence-electron chi connectivity index (χ4n) is 0.306. The molecule has 0 aliphatic carbocycles. The summed E-state index contributed by atoms with van der Waals surface area (Å²) in [5, 5.41) is 0.